The number of allylic oxidation sites excluding steroid dienone is 4. The van der Waals surface area contributed by atoms with Crippen LogP contribution in [0, 0.1) is 23.7 Å². The Morgan fingerprint density at radius 2 is 1.00 bits per heavy atom. The van der Waals surface area contributed by atoms with E-state index in [2.05, 4.69) is 152 Å². The Morgan fingerprint density at radius 1 is 0.636 bits per heavy atom. The molecule has 33 heavy (non-hydrogen) atoms. The van der Waals surface area contributed by atoms with Gasteiger partial charge in [-0.3, -0.25) is 0 Å². The molecule has 3 aromatic rings. The van der Waals surface area contributed by atoms with Crippen molar-refractivity contribution in [2.24, 2.45) is 0 Å². The first-order valence-electron chi connectivity index (χ1n) is 10.7. The van der Waals surface area contributed by atoms with Gasteiger partial charge in [-0.05, 0) is 13.0 Å². The van der Waals surface area contributed by atoms with E-state index in [0.717, 1.165) is 11.5 Å². The van der Waals surface area contributed by atoms with Crippen LogP contribution < -0.4 is 15.9 Å². The molecule has 0 saturated carbocycles. The van der Waals surface area contributed by atoms with Crippen molar-refractivity contribution in [1.82, 2.24) is 0 Å². The Morgan fingerprint density at radius 3 is 1.33 bits per heavy atom. The number of rotatable bonds is 6. The molecule has 3 rings (SSSR count). The summed E-state index contributed by atoms with van der Waals surface area (Å²) in [4.78, 5) is 0. The Labute approximate surface area is 216 Å². The van der Waals surface area contributed by atoms with Gasteiger partial charge in [-0.1, -0.05) is 27.9 Å². The molecule has 0 radical (unpaired) electrons. The van der Waals surface area contributed by atoms with Crippen LogP contribution in [-0.4, -0.2) is 11.5 Å². The standard InChI is InChI=1S/C24H22BrP.C6H7Br/c1-2-3-4-14-21-26(25,22-15-8-5-9-16-22,23-17-10-6-11-18-23)24-19-12-7-13-20-24;1-2-3-4-5-6-7/h4-20H,21H2,1H3;4-5H,6H2,1H3/b14-4+;5-4+. The van der Waals surface area contributed by atoms with Crippen LogP contribution in [0.5, 0.6) is 0 Å². The van der Waals surface area contributed by atoms with E-state index in [1.807, 2.05) is 32.1 Å². The summed E-state index contributed by atoms with van der Waals surface area (Å²) < 4.78 is 0. The van der Waals surface area contributed by atoms with Crippen molar-refractivity contribution in [1.29, 1.82) is 0 Å². The minimum atomic E-state index is -2.83. The van der Waals surface area contributed by atoms with Crippen LogP contribution in [0.1, 0.15) is 13.8 Å². The second-order valence-electron chi connectivity index (χ2n) is 7.12. The van der Waals surface area contributed by atoms with Gasteiger partial charge in [0.2, 0.25) is 0 Å². The molecule has 0 spiro atoms. The van der Waals surface area contributed by atoms with Crippen LogP contribution in [0.2, 0.25) is 0 Å². The average Bonchev–Trinajstić information content (AvgIpc) is 2.89. The number of alkyl halides is 1. The van der Waals surface area contributed by atoms with Gasteiger partial charge < -0.3 is 0 Å². The molecular weight excluding hydrogens is 551 g/mol. The number of hydrogen-bond acceptors (Lipinski definition) is 0. The summed E-state index contributed by atoms with van der Waals surface area (Å²) in [6, 6.07) is 32.4. The second kappa shape index (κ2) is 14.0. The van der Waals surface area contributed by atoms with Gasteiger partial charge in [0, 0.05) is 5.33 Å². The van der Waals surface area contributed by atoms with Gasteiger partial charge >= 0.3 is 165 Å². The molecule has 0 bridgehead atoms. The fourth-order valence-corrected chi connectivity index (χ4v) is 10.8. The predicted octanol–water partition coefficient (Wildman–Crippen LogP) is 7.37. The molecular formula is C30H29Br2P. The molecule has 0 nitrogen and oxygen atoms in total. The summed E-state index contributed by atoms with van der Waals surface area (Å²) >= 11 is 7.63. The van der Waals surface area contributed by atoms with E-state index in [9.17, 15) is 0 Å². The fraction of sp³-hybridized carbons (Fsp3) is 0.133. The monoisotopic (exact) mass is 578 g/mol. The van der Waals surface area contributed by atoms with Crippen molar-refractivity contribution in [3.63, 3.8) is 0 Å². The van der Waals surface area contributed by atoms with Gasteiger partial charge in [0.05, 0.1) is 0 Å². The molecule has 0 heterocycles. The maximum atomic E-state index is 4.40. The third-order valence-corrected chi connectivity index (χ3v) is 15.1. The Hall–Kier alpha value is -2.35. The van der Waals surface area contributed by atoms with Gasteiger partial charge in [0.25, 0.3) is 0 Å². The Balaban J connectivity index is 0.000000479. The number of halogens is 2. The SMILES string of the molecule is CC#C/C=C/CBr.CC#C/C=C/CP(Br)(c1ccccc1)(c1ccccc1)c1ccccc1. The minimum absolute atomic E-state index is 0.873. The fourth-order valence-electron chi connectivity index (χ4n) is 3.56. The van der Waals surface area contributed by atoms with Crippen molar-refractivity contribution in [3.05, 3.63) is 115 Å². The van der Waals surface area contributed by atoms with E-state index in [4.69, 9.17) is 0 Å². The Kier molecular flexibility index (Phi) is 11.4. The molecule has 0 fully saturated rings. The van der Waals surface area contributed by atoms with E-state index in [-0.39, 0.29) is 0 Å². The van der Waals surface area contributed by atoms with Crippen LogP contribution in [0.25, 0.3) is 0 Å². The van der Waals surface area contributed by atoms with Crippen LogP contribution >= 0.6 is 36.7 Å². The number of benzene rings is 3. The van der Waals surface area contributed by atoms with Gasteiger partial charge in [-0.25, -0.2) is 0 Å². The summed E-state index contributed by atoms with van der Waals surface area (Å²) in [5.74, 6) is 11.5. The van der Waals surface area contributed by atoms with Gasteiger partial charge in [0.15, 0.2) is 0 Å². The zero-order valence-corrected chi connectivity index (χ0v) is 23.2. The van der Waals surface area contributed by atoms with Crippen molar-refractivity contribution < 1.29 is 0 Å². The molecule has 0 N–H and O–H groups in total. The normalized spacial score (nSPS) is 11.8. The van der Waals surface area contributed by atoms with E-state index >= 15 is 0 Å². The van der Waals surface area contributed by atoms with E-state index in [1.54, 1.807) is 0 Å². The van der Waals surface area contributed by atoms with Crippen molar-refractivity contribution >= 4 is 52.6 Å². The summed E-state index contributed by atoms with van der Waals surface area (Å²) in [7, 11) is 0. The van der Waals surface area contributed by atoms with Gasteiger partial charge in [0.1, 0.15) is 0 Å². The molecule has 0 unspecified atom stereocenters. The Bertz CT molecular complexity index is 1060. The molecule has 0 aliphatic heterocycles. The molecule has 0 aliphatic rings. The van der Waals surface area contributed by atoms with Gasteiger partial charge in [-0.15, -0.1) is 5.92 Å². The molecule has 3 heteroatoms. The summed E-state index contributed by atoms with van der Waals surface area (Å²) in [6.45, 7) is 3.68. The molecule has 168 valence electrons. The van der Waals surface area contributed by atoms with E-state index in [1.165, 1.54) is 15.9 Å². The maximum absolute atomic E-state index is 4.40. The van der Waals surface area contributed by atoms with Crippen molar-refractivity contribution in [2.75, 3.05) is 11.5 Å². The average molecular weight is 580 g/mol. The molecule has 0 atom stereocenters. The summed E-state index contributed by atoms with van der Waals surface area (Å²) in [6.07, 6.45) is 8.83. The quantitative estimate of drug-likeness (QED) is 0.162. The molecule has 0 aromatic heterocycles. The molecule has 3 aromatic carbocycles. The van der Waals surface area contributed by atoms with E-state index in [0.29, 0.717) is 0 Å². The zero-order chi connectivity index (χ0) is 23.9. The first-order chi connectivity index (χ1) is 16.1. The second-order valence-corrected chi connectivity index (χ2v) is 16.7. The first-order valence-corrected chi connectivity index (χ1v) is 16.3. The predicted molar refractivity (Wildman–Crippen MR) is 158 cm³/mol. The number of hydrogen-bond donors (Lipinski definition) is 0. The molecule has 0 aliphatic carbocycles. The molecule has 0 saturated heterocycles. The summed E-state index contributed by atoms with van der Waals surface area (Å²) in [5, 5.41) is 2.04. The molecule has 0 amide bonds. The van der Waals surface area contributed by atoms with Crippen molar-refractivity contribution in [3.8, 4) is 23.7 Å². The van der Waals surface area contributed by atoms with Crippen LogP contribution in [-0.2, 0) is 0 Å². The summed E-state index contributed by atoms with van der Waals surface area (Å²) in [5.41, 5.74) is 0. The third kappa shape index (κ3) is 6.82. The van der Waals surface area contributed by atoms with Crippen LogP contribution in [0.15, 0.2) is 115 Å². The zero-order valence-electron chi connectivity index (χ0n) is 19.1. The topological polar surface area (TPSA) is 0 Å². The first kappa shape index (κ1) is 26.9. The van der Waals surface area contributed by atoms with Crippen LogP contribution in [0.4, 0.5) is 0 Å². The van der Waals surface area contributed by atoms with Crippen LogP contribution in [0.3, 0.4) is 0 Å². The van der Waals surface area contributed by atoms with E-state index < -0.39 is 5.31 Å². The van der Waals surface area contributed by atoms with Crippen molar-refractivity contribution in [2.45, 2.75) is 13.8 Å². The third-order valence-electron chi connectivity index (χ3n) is 5.11. The van der Waals surface area contributed by atoms with Gasteiger partial charge in [-0.2, -0.15) is 0 Å².